The fourth-order valence-electron chi connectivity index (χ4n) is 2.53. The van der Waals surface area contributed by atoms with Crippen LogP contribution in [0.2, 0.25) is 0 Å². The number of aliphatic hydroxyl groups excluding tert-OH is 1. The van der Waals surface area contributed by atoms with E-state index in [1.807, 2.05) is 6.92 Å². The van der Waals surface area contributed by atoms with Gasteiger partial charge in [-0.1, -0.05) is 0 Å². The van der Waals surface area contributed by atoms with Crippen LogP contribution in [0.4, 0.5) is 0 Å². The number of hydrogen-bond donors (Lipinski definition) is 2. The molecule has 2 bridgehead atoms. The molecule has 4 unspecified atom stereocenters. The number of rotatable bonds is 3. The van der Waals surface area contributed by atoms with Gasteiger partial charge in [-0.15, -0.1) is 0 Å². The van der Waals surface area contributed by atoms with E-state index in [0.29, 0.717) is 12.2 Å². The van der Waals surface area contributed by atoms with Gasteiger partial charge in [-0.25, -0.2) is 0 Å². The lowest BCUT2D eigenvalue weighted by Crippen LogP contribution is -2.55. The van der Waals surface area contributed by atoms with E-state index in [-0.39, 0.29) is 18.7 Å². The molecule has 0 saturated carbocycles. The number of likely N-dealkylation sites (tertiary alicyclic amines) is 1. The fraction of sp³-hybridized carbons (Fsp3) is 1.00. The third-order valence-corrected chi connectivity index (χ3v) is 3.33. The highest BCUT2D eigenvalue weighted by Gasteiger charge is 2.37. The minimum atomic E-state index is 0.0255. The van der Waals surface area contributed by atoms with E-state index in [2.05, 4.69) is 4.90 Å². The van der Waals surface area contributed by atoms with Crippen LogP contribution in [0, 0.1) is 0 Å². The molecule has 0 spiro atoms. The molecule has 2 aliphatic heterocycles. The molecule has 4 heteroatoms. The molecule has 2 saturated heterocycles. The zero-order valence-electron chi connectivity index (χ0n) is 8.72. The molecule has 0 radical (unpaired) electrons. The first-order chi connectivity index (χ1) is 6.70. The van der Waals surface area contributed by atoms with Crippen LogP contribution in [0.1, 0.15) is 19.8 Å². The molecule has 2 aliphatic rings. The molecule has 0 aromatic carbocycles. The lowest BCUT2D eigenvalue weighted by molar-refractivity contribution is -0.0624. The Hall–Kier alpha value is -0.160. The summed E-state index contributed by atoms with van der Waals surface area (Å²) in [5.74, 6) is 0. The van der Waals surface area contributed by atoms with Gasteiger partial charge in [0, 0.05) is 25.2 Å². The van der Waals surface area contributed by atoms with E-state index in [9.17, 15) is 5.11 Å². The second-order valence-corrected chi connectivity index (χ2v) is 4.52. The summed E-state index contributed by atoms with van der Waals surface area (Å²) in [6, 6.07) is 0.125. The zero-order valence-corrected chi connectivity index (χ0v) is 8.72. The number of nitrogens with zero attached hydrogens (tertiary/aromatic N) is 1. The maximum atomic E-state index is 9.28. The highest BCUT2D eigenvalue weighted by atomic mass is 16.5. The quantitative estimate of drug-likeness (QED) is 0.648. The molecule has 0 aromatic heterocycles. The van der Waals surface area contributed by atoms with Crippen molar-refractivity contribution in [1.29, 1.82) is 0 Å². The van der Waals surface area contributed by atoms with Crippen LogP contribution in [0.3, 0.4) is 0 Å². The predicted molar refractivity (Wildman–Crippen MR) is 54.0 cm³/mol. The van der Waals surface area contributed by atoms with E-state index in [1.165, 1.54) is 0 Å². The number of nitrogens with two attached hydrogens (primary N) is 1. The molecule has 2 fully saturated rings. The molecular formula is C10H20N2O2. The fourth-order valence-corrected chi connectivity index (χ4v) is 2.53. The van der Waals surface area contributed by atoms with Crippen molar-refractivity contribution in [2.45, 2.75) is 44.1 Å². The summed E-state index contributed by atoms with van der Waals surface area (Å²) < 4.78 is 5.74. The van der Waals surface area contributed by atoms with Crippen LogP contribution in [0.5, 0.6) is 0 Å². The van der Waals surface area contributed by atoms with Crippen molar-refractivity contribution in [1.82, 2.24) is 4.90 Å². The maximum Gasteiger partial charge on any atom is 0.0707 e. The Bertz CT molecular complexity index is 187. The maximum absolute atomic E-state index is 9.28. The van der Waals surface area contributed by atoms with Crippen LogP contribution < -0.4 is 5.73 Å². The third-order valence-electron chi connectivity index (χ3n) is 3.33. The molecule has 0 aliphatic carbocycles. The van der Waals surface area contributed by atoms with Crippen molar-refractivity contribution in [3.8, 4) is 0 Å². The first-order valence-corrected chi connectivity index (χ1v) is 5.46. The standard InChI is InChI=1S/C10H20N2O2/c1-7(11)10(6-13)12-4-8-2-3-9(5-12)14-8/h7-10,13H,2-6,11H2,1H3. The SMILES string of the molecule is CC(N)C(CO)N1CC2CCC(C1)O2. The topological polar surface area (TPSA) is 58.7 Å². The molecule has 0 aromatic rings. The van der Waals surface area contributed by atoms with Gasteiger partial charge < -0.3 is 15.6 Å². The summed E-state index contributed by atoms with van der Waals surface area (Å²) in [6.07, 6.45) is 3.08. The van der Waals surface area contributed by atoms with Crippen molar-refractivity contribution in [2.24, 2.45) is 5.73 Å². The summed E-state index contributed by atoms with van der Waals surface area (Å²) >= 11 is 0. The third kappa shape index (κ3) is 1.93. The summed E-state index contributed by atoms with van der Waals surface area (Å²) in [6.45, 7) is 3.97. The largest absolute Gasteiger partial charge is 0.395 e. The van der Waals surface area contributed by atoms with Gasteiger partial charge in [0.25, 0.3) is 0 Å². The predicted octanol–water partition coefficient (Wildman–Crippen LogP) is -0.442. The van der Waals surface area contributed by atoms with Crippen LogP contribution in [0.25, 0.3) is 0 Å². The van der Waals surface area contributed by atoms with Crippen LogP contribution in [-0.2, 0) is 4.74 Å². The van der Waals surface area contributed by atoms with Crippen molar-refractivity contribution >= 4 is 0 Å². The molecule has 2 heterocycles. The second kappa shape index (κ2) is 4.14. The van der Waals surface area contributed by atoms with Gasteiger partial charge in [0.2, 0.25) is 0 Å². The zero-order chi connectivity index (χ0) is 10.1. The van der Waals surface area contributed by atoms with Gasteiger partial charge in [0.1, 0.15) is 0 Å². The van der Waals surface area contributed by atoms with Crippen LogP contribution >= 0.6 is 0 Å². The Kier molecular flexibility index (Phi) is 3.07. The first kappa shape index (κ1) is 10.4. The molecule has 2 rings (SSSR count). The van der Waals surface area contributed by atoms with Gasteiger partial charge in [-0.2, -0.15) is 0 Å². The van der Waals surface area contributed by atoms with Gasteiger partial charge in [-0.3, -0.25) is 4.90 Å². The molecule has 4 nitrogen and oxygen atoms in total. The number of fused-ring (bicyclic) bond motifs is 2. The Morgan fingerprint density at radius 2 is 2.00 bits per heavy atom. The van der Waals surface area contributed by atoms with Crippen molar-refractivity contribution in [3.63, 3.8) is 0 Å². The second-order valence-electron chi connectivity index (χ2n) is 4.52. The van der Waals surface area contributed by atoms with Crippen LogP contribution in [-0.4, -0.2) is 54.0 Å². The summed E-state index contributed by atoms with van der Waals surface area (Å²) in [5.41, 5.74) is 5.85. The molecule has 82 valence electrons. The van der Waals surface area contributed by atoms with Crippen molar-refractivity contribution < 1.29 is 9.84 Å². The highest BCUT2D eigenvalue weighted by Crippen LogP contribution is 2.27. The lowest BCUT2D eigenvalue weighted by Gasteiger charge is -2.38. The van der Waals surface area contributed by atoms with Gasteiger partial charge in [-0.05, 0) is 19.8 Å². The normalized spacial score (nSPS) is 37.1. The summed E-state index contributed by atoms with van der Waals surface area (Å²) in [5, 5.41) is 9.28. The number of hydrogen-bond acceptors (Lipinski definition) is 4. The Morgan fingerprint density at radius 3 is 2.43 bits per heavy atom. The Labute approximate surface area is 85.0 Å². The number of morpholine rings is 1. The van der Waals surface area contributed by atoms with E-state index >= 15 is 0 Å². The monoisotopic (exact) mass is 200 g/mol. The van der Waals surface area contributed by atoms with E-state index in [0.717, 1.165) is 25.9 Å². The summed E-state index contributed by atoms with van der Waals surface area (Å²) in [4.78, 5) is 2.29. The number of aliphatic hydroxyl groups is 1. The Balaban J connectivity index is 1.97. The highest BCUT2D eigenvalue weighted by molar-refractivity contribution is 4.90. The minimum absolute atomic E-state index is 0.0255. The van der Waals surface area contributed by atoms with Gasteiger partial charge in [0.05, 0.1) is 18.8 Å². The molecule has 3 N–H and O–H groups in total. The number of ether oxygens (including phenoxy) is 1. The van der Waals surface area contributed by atoms with Crippen molar-refractivity contribution in [3.05, 3.63) is 0 Å². The Morgan fingerprint density at radius 1 is 1.43 bits per heavy atom. The molecule has 0 amide bonds. The van der Waals surface area contributed by atoms with Gasteiger partial charge in [0.15, 0.2) is 0 Å². The molecular weight excluding hydrogens is 180 g/mol. The lowest BCUT2D eigenvalue weighted by atomic mass is 10.1. The molecule has 14 heavy (non-hydrogen) atoms. The first-order valence-electron chi connectivity index (χ1n) is 5.46. The van der Waals surface area contributed by atoms with Crippen molar-refractivity contribution in [2.75, 3.05) is 19.7 Å². The smallest absolute Gasteiger partial charge is 0.0707 e. The van der Waals surface area contributed by atoms with Gasteiger partial charge >= 0.3 is 0 Å². The van der Waals surface area contributed by atoms with E-state index in [1.54, 1.807) is 0 Å². The van der Waals surface area contributed by atoms with Crippen LogP contribution in [0.15, 0.2) is 0 Å². The average Bonchev–Trinajstić information content (AvgIpc) is 2.46. The van der Waals surface area contributed by atoms with E-state index in [4.69, 9.17) is 10.5 Å². The molecule has 4 atom stereocenters. The van der Waals surface area contributed by atoms with E-state index < -0.39 is 0 Å². The average molecular weight is 200 g/mol. The summed E-state index contributed by atoms with van der Waals surface area (Å²) in [7, 11) is 0. The minimum Gasteiger partial charge on any atom is -0.395 e.